The molecule has 98 valence electrons. The fourth-order valence-corrected chi connectivity index (χ4v) is 2.32. The highest BCUT2D eigenvalue weighted by Gasteiger charge is 2.24. The van der Waals surface area contributed by atoms with Crippen molar-refractivity contribution in [1.82, 2.24) is 15.5 Å². The molecule has 1 aliphatic heterocycles. The lowest BCUT2D eigenvalue weighted by molar-refractivity contribution is -0.118. The zero-order valence-corrected chi connectivity index (χ0v) is 10.7. The Morgan fingerprint density at radius 1 is 1.37 bits per heavy atom. The van der Waals surface area contributed by atoms with Gasteiger partial charge in [0.05, 0.1) is 12.2 Å². The minimum atomic E-state index is -0.197. The normalized spacial score (nSPS) is 17.8. The maximum Gasteiger partial charge on any atom is 0.243 e. The van der Waals surface area contributed by atoms with Crippen LogP contribution in [0.4, 0.5) is 5.82 Å². The monoisotopic (exact) mass is 256 g/mol. The Morgan fingerprint density at radius 3 is 2.89 bits per heavy atom. The predicted molar refractivity (Wildman–Crippen MR) is 72.7 cm³/mol. The quantitative estimate of drug-likeness (QED) is 0.760. The Kier molecular flexibility index (Phi) is 3.05. The number of aromatic amines is 1. The van der Waals surface area contributed by atoms with Gasteiger partial charge in [-0.1, -0.05) is 24.3 Å². The topological polar surface area (TPSA) is 69.8 Å². The molecule has 1 amide bonds. The molecule has 19 heavy (non-hydrogen) atoms. The first kappa shape index (κ1) is 11.9. The molecule has 1 aromatic heterocycles. The summed E-state index contributed by atoms with van der Waals surface area (Å²) in [6.07, 6.45) is 2.41. The molecule has 0 saturated heterocycles. The standard InChI is InChI=1S/C14H16N4O/c1-9-7-16-18-13(9)17-14(19)12-6-10-4-2-3-5-11(10)8-15-12/h2-5,7,12,15H,6,8H2,1H3,(H2,16,17,18,19)/t12-/m1/s1. The van der Waals surface area contributed by atoms with Crippen LogP contribution in [0, 0.1) is 6.92 Å². The van der Waals surface area contributed by atoms with E-state index in [1.165, 1.54) is 11.1 Å². The first-order valence-corrected chi connectivity index (χ1v) is 6.35. The largest absolute Gasteiger partial charge is 0.309 e. The van der Waals surface area contributed by atoms with E-state index >= 15 is 0 Å². The summed E-state index contributed by atoms with van der Waals surface area (Å²) < 4.78 is 0. The summed E-state index contributed by atoms with van der Waals surface area (Å²) in [4.78, 5) is 12.2. The highest BCUT2D eigenvalue weighted by molar-refractivity contribution is 5.94. The third-order valence-corrected chi connectivity index (χ3v) is 3.47. The van der Waals surface area contributed by atoms with Gasteiger partial charge in [-0.2, -0.15) is 5.10 Å². The number of amides is 1. The van der Waals surface area contributed by atoms with Gasteiger partial charge >= 0.3 is 0 Å². The van der Waals surface area contributed by atoms with Gasteiger partial charge in [-0.15, -0.1) is 0 Å². The number of nitrogens with zero attached hydrogens (tertiary/aromatic N) is 1. The van der Waals surface area contributed by atoms with E-state index in [9.17, 15) is 4.79 Å². The summed E-state index contributed by atoms with van der Waals surface area (Å²) in [6.45, 7) is 2.64. The Hall–Kier alpha value is -2.14. The number of hydrogen-bond donors (Lipinski definition) is 3. The minimum absolute atomic E-state index is 0.0261. The predicted octanol–water partition coefficient (Wildman–Crippen LogP) is 1.37. The molecule has 5 heteroatoms. The van der Waals surface area contributed by atoms with Crippen molar-refractivity contribution in [2.75, 3.05) is 5.32 Å². The van der Waals surface area contributed by atoms with Crippen LogP contribution < -0.4 is 10.6 Å². The van der Waals surface area contributed by atoms with Crippen molar-refractivity contribution in [2.45, 2.75) is 25.9 Å². The molecule has 1 aromatic carbocycles. The van der Waals surface area contributed by atoms with Gasteiger partial charge in [0.15, 0.2) is 0 Å². The second-order valence-electron chi connectivity index (χ2n) is 4.82. The summed E-state index contributed by atoms with van der Waals surface area (Å²) in [7, 11) is 0. The van der Waals surface area contributed by atoms with Gasteiger partial charge in [-0.3, -0.25) is 9.89 Å². The molecule has 0 fully saturated rings. The molecule has 1 atom stereocenters. The number of rotatable bonds is 2. The van der Waals surface area contributed by atoms with Crippen LogP contribution in [0.15, 0.2) is 30.5 Å². The van der Waals surface area contributed by atoms with Gasteiger partial charge in [0, 0.05) is 12.1 Å². The van der Waals surface area contributed by atoms with Gasteiger partial charge in [0.2, 0.25) is 5.91 Å². The number of aryl methyl sites for hydroxylation is 1. The maximum absolute atomic E-state index is 12.2. The highest BCUT2D eigenvalue weighted by Crippen LogP contribution is 2.17. The second kappa shape index (κ2) is 4.85. The Labute approximate surface area is 111 Å². The molecule has 0 saturated carbocycles. The number of aromatic nitrogens is 2. The van der Waals surface area contributed by atoms with Crippen LogP contribution in [0.2, 0.25) is 0 Å². The molecule has 3 N–H and O–H groups in total. The van der Waals surface area contributed by atoms with Crippen LogP contribution >= 0.6 is 0 Å². The van der Waals surface area contributed by atoms with Crippen molar-refractivity contribution < 1.29 is 4.79 Å². The van der Waals surface area contributed by atoms with Crippen molar-refractivity contribution in [3.63, 3.8) is 0 Å². The fourth-order valence-electron chi connectivity index (χ4n) is 2.32. The molecule has 2 heterocycles. The number of hydrogen-bond acceptors (Lipinski definition) is 3. The van der Waals surface area contributed by atoms with Crippen molar-refractivity contribution in [2.24, 2.45) is 0 Å². The SMILES string of the molecule is Cc1cn[nH]c1NC(=O)[C@H]1Cc2ccccc2CN1. The molecule has 0 spiro atoms. The molecular weight excluding hydrogens is 240 g/mol. The van der Waals surface area contributed by atoms with Crippen LogP contribution in [-0.2, 0) is 17.8 Å². The average Bonchev–Trinajstić information content (AvgIpc) is 2.84. The van der Waals surface area contributed by atoms with E-state index in [1.54, 1.807) is 6.20 Å². The fraction of sp³-hybridized carbons (Fsp3) is 0.286. The summed E-state index contributed by atoms with van der Waals surface area (Å²) >= 11 is 0. The Bertz CT molecular complexity index is 605. The smallest absolute Gasteiger partial charge is 0.243 e. The summed E-state index contributed by atoms with van der Waals surface area (Å²) in [5, 5.41) is 12.8. The van der Waals surface area contributed by atoms with Crippen LogP contribution in [0.3, 0.4) is 0 Å². The molecule has 1 aliphatic rings. The number of anilines is 1. The number of carbonyl (C=O) groups is 1. The van der Waals surface area contributed by atoms with Gasteiger partial charge in [0.25, 0.3) is 0 Å². The summed E-state index contributed by atoms with van der Waals surface area (Å²) in [6, 6.07) is 8.01. The van der Waals surface area contributed by atoms with E-state index in [0.717, 1.165) is 18.5 Å². The third kappa shape index (κ3) is 2.37. The number of H-pyrrole nitrogens is 1. The van der Waals surface area contributed by atoms with E-state index in [-0.39, 0.29) is 11.9 Å². The second-order valence-corrected chi connectivity index (χ2v) is 4.82. The molecule has 3 rings (SSSR count). The highest BCUT2D eigenvalue weighted by atomic mass is 16.2. The Morgan fingerprint density at radius 2 is 2.16 bits per heavy atom. The van der Waals surface area contributed by atoms with Crippen molar-refractivity contribution in [3.8, 4) is 0 Å². The van der Waals surface area contributed by atoms with E-state index in [1.807, 2.05) is 19.1 Å². The van der Waals surface area contributed by atoms with E-state index in [4.69, 9.17) is 0 Å². The number of nitrogens with one attached hydrogen (secondary N) is 3. The average molecular weight is 256 g/mol. The van der Waals surface area contributed by atoms with Crippen LogP contribution in [0.5, 0.6) is 0 Å². The zero-order chi connectivity index (χ0) is 13.2. The van der Waals surface area contributed by atoms with Crippen molar-refractivity contribution >= 4 is 11.7 Å². The van der Waals surface area contributed by atoms with Gasteiger partial charge in [-0.05, 0) is 24.5 Å². The summed E-state index contributed by atoms with van der Waals surface area (Å²) in [5.74, 6) is 0.646. The maximum atomic E-state index is 12.2. The lowest BCUT2D eigenvalue weighted by Crippen LogP contribution is -2.44. The number of benzene rings is 1. The van der Waals surface area contributed by atoms with Crippen LogP contribution in [0.25, 0.3) is 0 Å². The van der Waals surface area contributed by atoms with E-state index in [2.05, 4.69) is 33.0 Å². The zero-order valence-electron chi connectivity index (χ0n) is 10.7. The van der Waals surface area contributed by atoms with E-state index in [0.29, 0.717) is 5.82 Å². The number of fused-ring (bicyclic) bond motifs is 1. The lowest BCUT2D eigenvalue weighted by Gasteiger charge is -2.25. The molecular formula is C14H16N4O. The van der Waals surface area contributed by atoms with Gasteiger partial charge in [-0.25, -0.2) is 0 Å². The molecule has 0 bridgehead atoms. The molecule has 0 aliphatic carbocycles. The van der Waals surface area contributed by atoms with Crippen LogP contribution in [-0.4, -0.2) is 22.1 Å². The first-order chi connectivity index (χ1) is 9.24. The van der Waals surface area contributed by atoms with Crippen molar-refractivity contribution in [1.29, 1.82) is 0 Å². The molecule has 0 radical (unpaired) electrons. The first-order valence-electron chi connectivity index (χ1n) is 6.35. The van der Waals surface area contributed by atoms with E-state index < -0.39 is 0 Å². The van der Waals surface area contributed by atoms with Crippen LogP contribution in [0.1, 0.15) is 16.7 Å². The molecule has 5 nitrogen and oxygen atoms in total. The van der Waals surface area contributed by atoms with Gasteiger partial charge < -0.3 is 10.6 Å². The van der Waals surface area contributed by atoms with Crippen molar-refractivity contribution in [3.05, 3.63) is 47.2 Å². The summed E-state index contributed by atoms with van der Waals surface area (Å²) in [5.41, 5.74) is 3.44. The lowest BCUT2D eigenvalue weighted by atomic mass is 9.95. The Balaban J connectivity index is 1.71. The third-order valence-electron chi connectivity index (χ3n) is 3.47. The van der Waals surface area contributed by atoms with Gasteiger partial charge in [0.1, 0.15) is 5.82 Å². The molecule has 0 unspecified atom stereocenters. The molecule has 2 aromatic rings. The number of carbonyl (C=O) groups excluding carboxylic acids is 1. The minimum Gasteiger partial charge on any atom is -0.309 e.